The Kier molecular flexibility index (Phi) is 3.50. The molecule has 1 aromatic heterocycles. The van der Waals surface area contributed by atoms with E-state index in [0.717, 1.165) is 29.2 Å². The smallest absolute Gasteiger partial charge is 0.141 e. The Labute approximate surface area is 117 Å². The standard InChI is InChI=1S/C17H15NO2/c1-19-15-9-7-13(8-10-15)11-16-12-17(18-20-16)14-5-3-2-4-6-14/h2-10,12H,11H2,1H3. The highest BCUT2D eigenvalue weighted by Gasteiger charge is 2.07. The molecule has 3 rings (SSSR count). The molecule has 0 N–H and O–H groups in total. The Balaban J connectivity index is 1.77. The Morgan fingerprint density at radius 2 is 1.75 bits per heavy atom. The predicted octanol–water partition coefficient (Wildman–Crippen LogP) is 3.94. The molecule has 1 heterocycles. The Morgan fingerprint density at radius 3 is 2.45 bits per heavy atom. The van der Waals surface area contributed by atoms with Crippen LogP contribution in [0.5, 0.6) is 5.75 Å². The van der Waals surface area contributed by atoms with Gasteiger partial charge >= 0.3 is 0 Å². The highest BCUT2D eigenvalue weighted by atomic mass is 16.5. The van der Waals surface area contributed by atoms with Gasteiger partial charge in [0.2, 0.25) is 0 Å². The largest absolute Gasteiger partial charge is 0.497 e. The fourth-order valence-electron chi connectivity index (χ4n) is 2.09. The molecule has 3 heteroatoms. The fourth-order valence-corrected chi connectivity index (χ4v) is 2.09. The minimum Gasteiger partial charge on any atom is -0.497 e. The van der Waals surface area contributed by atoms with Crippen molar-refractivity contribution < 1.29 is 9.26 Å². The van der Waals surface area contributed by atoms with Crippen LogP contribution in [0.1, 0.15) is 11.3 Å². The van der Waals surface area contributed by atoms with Crippen LogP contribution in [0.15, 0.2) is 65.2 Å². The van der Waals surface area contributed by atoms with Crippen molar-refractivity contribution in [2.75, 3.05) is 7.11 Å². The fraction of sp³-hybridized carbons (Fsp3) is 0.118. The lowest BCUT2D eigenvalue weighted by molar-refractivity contribution is 0.391. The first-order valence-electron chi connectivity index (χ1n) is 6.49. The van der Waals surface area contributed by atoms with E-state index >= 15 is 0 Å². The molecule has 100 valence electrons. The normalized spacial score (nSPS) is 10.4. The van der Waals surface area contributed by atoms with Gasteiger partial charge in [-0.3, -0.25) is 0 Å². The van der Waals surface area contributed by atoms with Crippen LogP contribution in [0.2, 0.25) is 0 Å². The monoisotopic (exact) mass is 265 g/mol. The number of hydrogen-bond donors (Lipinski definition) is 0. The number of nitrogens with zero attached hydrogens (tertiary/aromatic N) is 1. The maximum atomic E-state index is 5.40. The Morgan fingerprint density at radius 1 is 1.00 bits per heavy atom. The number of rotatable bonds is 4. The van der Waals surface area contributed by atoms with Gasteiger partial charge < -0.3 is 9.26 Å². The molecule has 0 radical (unpaired) electrons. The Bertz CT molecular complexity index is 672. The van der Waals surface area contributed by atoms with Crippen molar-refractivity contribution in [2.45, 2.75) is 6.42 Å². The minimum absolute atomic E-state index is 0.726. The molecule has 0 saturated heterocycles. The summed E-state index contributed by atoms with van der Waals surface area (Å²) < 4.78 is 10.5. The molecule has 0 amide bonds. The lowest BCUT2D eigenvalue weighted by Gasteiger charge is -2.00. The van der Waals surface area contributed by atoms with Crippen LogP contribution in [0.3, 0.4) is 0 Å². The van der Waals surface area contributed by atoms with Crippen molar-refractivity contribution in [3.63, 3.8) is 0 Å². The summed E-state index contributed by atoms with van der Waals surface area (Å²) in [4.78, 5) is 0. The van der Waals surface area contributed by atoms with E-state index < -0.39 is 0 Å². The third kappa shape index (κ3) is 2.72. The third-order valence-electron chi connectivity index (χ3n) is 3.17. The van der Waals surface area contributed by atoms with Gasteiger partial charge in [0, 0.05) is 18.1 Å². The summed E-state index contributed by atoms with van der Waals surface area (Å²) in [5.41, 5.74) is 3.10. The summed E-state index contributed by atoms with van der Waals surface area (Å²) in [7, 11) is 1.66. The lowest BCUT2D eigenvalue weighted by atomic mass is 10.1. The molecule has 0 aliphatic rings. The maximum Gasteiger partial charge on any atom is 0.141 e. The van der Waals surface area contributed by atoms with E-state index in [1.165, 1.54) is 5.56 Å². The molecule has 0 aliphatic heterocycles. The van der Waals surface area contributed by atoms with Crippen molar-refractivity contribution in [1.82, 2.24) is 5.16 Å². The highest BCUT2D eigenvalue weighted by Crippen LogP contribution is 2.21. The molecular formula is C17H15NO2. The van der Waals surface area contributed by atoms with Gasteiger partial charge in [0.15, 0.2) is 0 Å². The SMILES string of the molecule is COc1ccc(Cc2cc(-c3ccccc3)no2)cc1. The molecule has 0 spiro atoms. The van der Waals surface area contributed by atoms with Gasteiger partial charge in [0.25, 0.3) is 0 Å². The first-order chi connectivity index (χ1) is 9.85. The average Bonchev–Trinajstić information content (AvgIpc) is 2.97. The number of ether oxygens (including phenoxy) is 1. The Hall–Kier alpha value is -2.55. The van der Waals surface area contributed by atoms with Crippen LogP contribution in [0.4, 0.5) is 0 Å². The molecule has 0 atom stereocenters. The van der Waals surface area contributed by atoms with Crippen LogP contribution >= 0.6 is 0 Å². The molecule has 20 heavy (non-hydrogen) atoms. The summed E-state index contributed by atoms with van der Waals surface area (Å²) in [5, 5.41) is 4.12. The van der Waals surface area contributed by atoms with E-state index in [-0.39, 0.29) is 0 Å². The molecule has 0 fully saturated rings. The summed E-state index contributed by atoms with van der Waals surface area (Å²) in [6.45, 7) is 0. The van der Waals surface area contributed by atoms with Gasteiger partial charge in [-0.2, -0.15) is 0 Å². The quantitative estimate of drug-likeness (QED) is 0.716. The van der Waals surface area contributed by atoms with Gasteiger partial charge in [-0.1, -0.05) is 47.6 Å². The van der Waals surface area contributed by atoms with Crippen LogP contribution in [-0.2, 0) is 6.42 Å². The topological polar surface area (TPSA) is 35.3 Å². The van der Waals surface area contributed by atoms with Crippen LogP contribution < -0.4 is 4.74 Å². The van der Waals surface area contributed by atoms with Gasteiger partial charge in [0.05, 0.1) is 7.11 Å². The van der Waals surface area contributed by atoms with Crippen LogP contribution in [-0.4, -0.2) is 12.3 Å². The minimum atomic E-state index is 0.726. The number of methoxy groups -OCH3 is 1. The van der Waals surface area contributed by atoms with E-state index in [1.807, 2.05) is 60.7 Å². The molecule has 0 unspecified atom stereocenters. The number of aromatic nitrogens is 1. The zero-order valence-electron chi connectivity index (χ0n) is 11.2. The maximum absolute atomic E-state index is 5.40. The van der Waals surface area contributed by atoms with Gasteiger partial charge in [-0.15, -0.1) is 0 Å². The first-order valence-corrected chi connectivity index (χ1v) is 6.49. The van der Waals surface area contributed by atoms with Crippen LogP contribution in [0, 0.1) is 0 Å². The molecular weight excluding hydrogens is 250 g/mol. The van der Waals surface area contributed by atoms with Crippen molar-refractivity contribution in [3.8, 4) is 17.0 Å². The first kappa shape index (κ1) is 12.5. The van der Waals surface area contributed by atoms with Crippen molar-refractivity contribution in [1.29, 1.82) is 0 Å². The summed E-state index contributed by atoms with van der Waals surface area (Å²) >= 11 is 0. The summed E-state index contributed by atoms with van der Waals surface area (Å²) in [6.07, 6.45) is 0.726. The summed E-state index contributed by atoms with van der Waals surface area (Å²) in [5.74, 6) is 1.71. The van der Waals surface area contributed by atoms with Crippen LogP contribution in [0.25, 0.3) is 11.3 Å². The number of hydrogen-bond acceptors (Lipinski definition) is 3. The predicted molar refractivity (Wildman–Crippen MR) is 77.7 cm³/mol. The zero-order valence-corrected chi connectivity index (χ0v) is 11.2. The number of benzene rings is 2. The summed E-state index contributed by atoms with van der Waals surface area (Å²) in [6, 6.07) is 20.0. The molecule has 0 bridgehead atoms. The zero-order chi connectivity index (χ0) is 13.8. The molecule has 3 nitrogen and oxygen atoms in total. The molecule has 0 aliphatic carbocycles. The third-order valence-corrected chi connectivity index (χ3v) is 3.17. The molecule has 0 saturated carbocycles. The van der Waals surface area contributed by atoms with Gasteiger partial charge in [0.1, 0.15) is 17.2 Å². The molecule has 3 aromatic rings. The van der Waals surface area contributed by atoms with E-state index in [2.05, 4.69) is 5.16 Å². The van der Waals surface area contributed by atoms with Crippen molar-refractivity contribution >= 4 is 0 Å². The van der Waals surface area contributed by atoms with Crippen molar-refractivity contribution in [3.05, 3.63) is 72.0 Å². The van der Waals surface area contributed by atoms with E-state index in [4.69, 9.17) is 9.26 Å². The van der Waals surface area contributed by atoms with Gasteiger partial charge in [-0.05, 0) is 17.7 Å². The lowest BCUT2D eigenvalue weighted by Crippen LogP contribution is -1.87. The molecule has 2 aromatic carbocycles. The second kappa shape index (κ2) is 5.61. The van der Waals surface area contributed by atoms with E-state index in [0.29, 0.717) is 0 Å². The average molecular weight is 265 g/mol. The van der Waals surface area contributed by atoms with Gasteiger partial charge in [-0.25, -0.2) is 0 Å². The van der Waals surface area contributed by atoms with E-state index in [9.17, 15) is 0 Å². The second-order valence-corrected chi connectivity index (χ2v) is 4.57. The van der Waals surface area contributed by atoms with E-state index in [1.54, 1.807) is 7.11 Å². The van der Waals surface area contributed by atoms with Crippen molar-refractivity contribution in [2.24, 2.45) is 0 Å². The highest BCUT2D eigenvalue weighted by molar-refractivity contribution is 5.58. The second-order valence-electron chi connectivity index (χ2n) is 4.57.